The first kappa shape index (κ1) is 19.1. The average Bonchev–Trinajstić information content (AvgIpc) is 3.16. The Labute approximate surface area is 177 Å². The van der Waals surface area contributed by atoms with E-state index in [-0.39, 0.29) is 11.1 Å². The van der Waals surface area contributed by atoms with E-state index in [4.69, 9.17) is 16.3 Å². The fourth-order valence-electron chi connectivity index (χ4n) is 2.62. The van der Waals surface area contributed by atoms with Crippen molar-refractivity contribution in [1.29, 1.82) is 0 Å². The van der Waals surface area contributed by atoms with E-state index in [9.17, 15) is 4.79 Å². The third-order valence-corrected chi connectivity index (χ3v) is 5.54. The second-order valence-corrected chi connectivity index (χ2v) is 7.48. The molecule has 0 spiro atoms. The molecule has 0 aliphatic carbocycles. The van der Waals surface area contributed by atoms with Crippen LogP contribution in [-0.4, -0.2) is 15.9 Å². The molecular weight excluding hydrogens is 406 g/mol. The molecule has 1 amide bonds. The van der Waals surface area contributed by atoms with Gasteiger partial charge in [-0.3, -0.25) is 9.78 Å². The van der Waals surface area contributed by atoms with Crippen LogP contribution in [-0.2, 0) is 6.54 Å². The van der Waals surface area contributed by atoms with E-state index in [1.54, 1.807) is 12.4 Å². The molecular formula is C22H16ClN3O2S. The van der Waals surface area contributed by atoms with E-state index >= 15 is 0 Å². The lowest BCUT2D eigenvalue weighted by molar-refractivity contribution is 0.0955. The third kappa shape index (κ3) is 4.80. The third-order valence-electron chi connectivity index (χ3n) is 4.06. The molecule has 2 heterocycles. The number of aromatic nitrogens is 2. The molecule has 4 aromatic rings. The Hall–Kier alpha value is -3.22. The van der Waals surface area contributed by atoms with Crippen LogP contribution in [0.3, 0.4) is 0 Å². The molecule has 0 atom stereocenters. The predicted octanol–water partition coefficient (Wildman–Crippen LogP) is 5.58. The van der Waals surface area contributed by atoms with Crippen LogP contribution in [0.15, 0.2) is 79.1 Å². The molecule has 0 fully saturated rings. The van der Waals surface area contributed by atoms with Gasteiger partial charge in [-0.15, -0.1) is 11.3 Å². The zero-order chi connectivity index (χ0) is 20.1. The van der Waals surface area contributed by atoms with E-state index in [1.807, 2.05) is 66.7 Å². The number of ether oxygens (including phenoxy) is 1. The lowest BCUT2D eigenvalue weighted by atomic mass is 10.2. The second kappa shape index (κ2) is 8.86. The number of carbonyl (C=O) groups is 1. The van der Waals surface area contributed by atoms with Gasteiger partial charge >= 0.3 is 0 Å². The highest BCUT2D eigenvalue weighted by atomic mass is 35.5. The Kier molecular flexibility index (Phi) is 5.84. The second-order valence-electron chi connectivity index (χ2n) is 6.12. The number of pyridine rings is 1. The lowest BCUT2D eigenvalue weighted by Crippen LogP contribution is -2.22. The smallest absolute Gasteiger partial charge is 0.264 e. The molecule has 4 rings (SSSR count). The van der Waals surface area contributed by atoms with Crippen LogP contribution in [0.2, 0.25) is 5.15 Å². The molecule has 0 aliphatic rings. The maximum absolute atomic E-state index is 12.5. The molecule has 0 bridgehead atoms. The van der Waals surface area contributed by atoms with Crippen molar-refractivity contribution in [3.63, 3.8) is 0 Å². The van der Waals surface area contributed by atoms with Gasteiger partial charge in [0.05, 0.1) is 0 Å². The van der Waals surface area contributed by atoms with Crippen molar-refractivity contribution in [1.82, 2.24) is 15.3 Å². The van der Waals surface area contributed by atoms with Gasteiger partial charge in [-0.25, -0.2) is 4.98 Å². The highest BCUT2D eigenvalue weighted by molar-refractivity contribution is 7.17. The van der Waals surface area contributed by atoms with Gasteiger partial charge in [0.1, 0.15) is 21.4 Å². The number of hydrogen-bond acceptors (Lipinski definition) is 5. The molecule has 0 radical (unpaired) electrons. The summed E-state index contributed by atoms with van der Waals surface area (Å²) in [5, 5.41) is 3.74. The molecule has 0 unspecified atom stereocenters. The Morgan fingerprint density at radius 1 is 1.00 bits per heavy atom. The number of hydrogen-bond donors (Lipinski definition) is 1. The summed E-state index contributed by atoms with van der Waals surface area (Å²) in [6.07, 6.45) is 3.37. The molecule has 5 nitrogen and oxygen atoms in total. The summed E-state index contributed by atoms with van der Waals surface area (Å²) >= 11 is 7.42. The average molecular weight is 422 g/mol. The van der Waals surface area contributed by atoms with Crippen molar-refractivity contribution in [3.8, 4) is 22.1 Å². The van der Waals surface area contributed by atoms with Gasteiger partial charge in [0.25, 0.3) is 5.91 Å². The Balaban J connectivity index is 1.38. The molecule has 2 aromatic heterocycles. The molecule has 0 saturated heterocycles. The Morgan fingerprint density at radius 2 is 1.76 bits per heavy atom. The summed E-state index contributed by atoms with van der Waals surface area (Å²) in [6, 6.07) is 20.8. The molecule has 29 heavy (non-hydrogen) atoms. The topological polar surface area (TPSA) is 64.1 Å². The first-order chi connectivity index (χ1) is 14.2. The monoisotopic (exact) mass is 421 g/mol. The Morgan fingerprint density at radius 3 is 2.48 bits per heavy atom. The van der Waals surface area contributed by atoms with Gasteiger partial charge in [0, 0.05) is 24.5 Å². The van der Waals surface area contributed by atoms with E-state index in [0.29, 0.717) is 16.4 Å². The van der Waals surface area contributed by atoms with Crippen LogP contribution in [0, 0.1) is 0 Å². The minimum absolute atomic E-state index is 0.193. The first-order valence-electron chi connectivity index (χ1n) is 8.86. The van der Waals surface area contributed by atoms with Crippen molar-refractivity contribution in [2.45, 2.75) is 6.54 Å². The number of halogens is 1. The maximum Gasteiger partial charge on any atom is 0.264 e. The number of thiazole rings is 1. The summed E-state index contributed by atoms with van der Waals surface area (Å²) < 4.78 is 5.77. The van der Waals surface area contributed by atoms with Gasteiger partial charge < -0.3 is 10.1 Å². The van der Waals surface area contributed by atoms with Crippen LogP contribution < -0.4 is 10.1 Å². The number of benzene rings is 2. The molecule has 144 valence electrons. The number of carbonyl (C=O) groups excluding carboxylic acids is 1. The van der Waals surface area contributed by atoms with Gasteiger partial charge in [-0.05, 0) is 42.0 Å². The number of para-hydroxylation sites is 1. The number of nitrogens with one attached hydrogen (secondary N) is 1. The van der Waals surface area contributed by atoms with Crippen LogP contribution in [0.5, 0.6) is 11.5 Å². The normalized spacial score (nSPS) is 10.5. The standard InChI is InChI=1S/C22H16ClN3O2S/c23-20-19(29-22(26-20)16-5-4-12-24-14-16)21(27)25-13-15-8-10-18(11-9-15)28-17-6-2-1-3-7-17/h1-12,14H,13H2,(H,25,27). The molecule has 1 N–H and O–H groups in total. The zero-order valence-electron chi connectivity index (χ0n) is 15.2. The van der Waals surface area contributed by atoms with Gasteiger partial charge in [-0.2, -0.15) is 0 Å². The van der Waals surface area contributed by atoms with Crippen molar-refractivity contribution >= 4 is 28.8 Å². The van der Waals surface area contributed by atoms with E-state index < -0.39 is 0 Å². The van der Waals surface area contributed by atoms with Crippen molar-refractivity contribution < 1.29 is 9.53 Å². The lowest BCUT2D eigenvalue weighted by Gasteiger charge is -2.07. The van der Waals surface area contributed by atoms with Crippen molar-refractivity contribution in [2.24, 2.45) is 0 Å². The Bertz CT molecular complexity index is 1100. The maximum atomic E-state index is 12.5. The summed E-state index contributed by atoms with van der Waals surface area (Å²) in [7, 11) is 0. The zero-order valence-corrected chi connectivity index (χ0v) is 16.8. The fourth-order valence-corrected chi connectivity index (χ4v) is 3.82. The summed E-state index contributed by atoms with van der Waals surface area (Å²) in [6.45, 7) is 0.376. The van der Waals surface area contributed by atoms with E-state index in [0.717, 1.165) is 22.6 Å². The highest BCUT2D eigenvalue weighted by Crippen LogP contribution is 2.30. The fraction of sp³-hybridized carbons (Fsp3) is 0.0455. The van der Waals surface area contributed by atoms with Crippen LogP contribution in [0.25, 0.3) is 10.6 Å². The number of amides is 1. The summed E-state index contributed by atoms with van der Waals surface area (Å²) in [5.41, 5.74) is 1.78. The van der Waals surface area contributed by atoms with Gasteiger partial charge in [0.2, 0.25) is 0 Å². The number of rotatable bonds is 6. The molecule has 7 heteroatoms. The predicted molar refractivity (Wildman–Crippen MR) is 114 cm³/mol. The molecule has 0 saturated carbocycles. The van der Waals surface area contributed by atoms with Crippen molar-refractivity contribution in [2.75, 3.05) is 0 Å². The number of nitrogens with zero attached hydrogens (tertiary/aromatic N) is 2. The minimum atomic E-state index is -0.257. The van der Waals surface area contributed by atoms with Crippen LogP contribution >= 0.6 is 22.9 Å². The quantitative estimate of drug-likeness (QED) is 0.441. The first-order valence-corrected chi connectivity index (χ1v) is 10.1. The van der Waals surface area contributed by atoms with Crippen LogP contribution in [0.1, 0.15) is 15.2 Å². The van der Waals surface area contributed by atoms with Gasteiger partial charge in [-0.1, -0.05) is 41.9 Å². The SMILES string of the molecule is O=C(NCc1ccc(Oc2ccccc2)cc1)c1sc(-c2cccnc2)nc1Cl. The minimum Gasteiger partial charge on any atom is -0.457 e. The largest absolute Gasteiger partial charge is 0.457 e. The summed E-state index contributed by atoms with van der Waals surface area (Å²) in [4.78, 5) is 21.3. The molecule has 2 aromatic carbocycles. The summed E-state index contributed by atoms with van der Waals surface area (Å²) in [5.74, 6) is 1.25. The van der Waals surface area contributed by atoms with Crippen LogP contribution in [0.4, 0.5) is 0 Å². The van der Waals surface area contributed by atoms with E-state index in [1.165, 1.54) is 11.3 Å². The highest BCUT2D eigenvalue weighted by Gasteiger charge is 2.17. The van der Waals surface area contributed by atoms with E-state index in [2.05, 4.69) is 15.3 Å². The van der Waals surface area contributed by atoms with Crippen molar-refractivity contribution in [3.05, 3.63) is 94.7 Å². The van der Waals surface area contributed by atoms with Gasteiger partial charge in [0.15, 0.2) is 5.15 Å². The molecule has 0 aliphatic heterocycles.